The van der Waals surface area contributed by atoms with Crippen molar-refractivity contribution >= 4 is 22.6 Å². The van der Waals surface area contributed by atoms with Crippen molar-refractivity contribution in [1.82, 2.24) is 4.90 Å². The molecule has 0 heterocycles. The molecule has 0 aromatic rings. The maximum atomic E-state index is 12.3. The second-order valence-corrected chi connectivity index (χ2v) is 4.92. The summed E-state index contributed by atoms with van der Waals surface area (Å²) in [4.78, 5) is -1.34. The lowest BCUT2D eigenvalue weighted by Crippen LogP contribution is -2.56. The van der Waals surface area contributed by atoms with E-state index in [2.05, 4.69) is 0 Å². The minimum atomic E-state index is -5.41. The van der Waals surface area contributed by atoms with Crippen LogP contribution < -0.4 is 0 Å². The number of alkyl halides is 7. The predicted octanol–water partition coefficient (Wildman–Crippen LogP) is 3.85. The smallest absolute Gasteiger partial charge is 0.155 e. The molecular weight excluding hydrogens is 351 g/mol. The zero-order chi connectivity index (χ0) is 12.6. The van der Waals surface area contributed by atoms with Gasteiger partial charge in [0.2, 0.25) is 0 Å². The zero-order valence-electron chi connectivity index (χ0n) is 7.82. The lowest BCUT2D eigenvalue weighted by atomic mass is 10.0. The van der Waals surface area contributed by atoms with Crippen LogP contribution in [-0.4, -0.2) is 27.5 Å². The van der Waals surface area contributed by atoms with Crippen LogP contribution in [0.5, 0.6) is 0 Å². The maximum absolute atomic E-state index is 12.3. The normalized spacial score (nSPS) is 27.5. The molecule has 94 valence electrons. The van der Waals surface area contributed by atoms with Crippen LogP contribution in [0.1, 0.15) is 12.8 Å². The van der Waals surface area contributed by atoms with Crippen molar-refractivity contribution in [2.75, 3.05) is 0 Å². The molecule has 0 aliphatic heterocycles. The van der Waals surface area contributed by atoms with Gasteiger partial charge in [-0.25, -0.2) is 0 Å². The lowest BCUT2D eigenvalue weighted by molar-refractivity contribution is -0.380. The minimum Gasteiger partial charge on any atom is -0.155 e. The molecular formula is C8H8F6IN. The fourth-order valence-corrected chi connectivity index (χ4v) is 2.43. The van der Waals surface area contributed by atoms with Crippen molar-refractivity contribution in [2.24, 2.45) is 0 Å². The van der Waals surface area contributed by atoms with Crippen LogP contribution in [-0.2, 0) is 0 Å². The van der Waals surface area contributed by atoms with Gasteiger partial charge in [0.15, 0.2) is 0 Å². The van der Waals surface area contributed by atoms with Crippen molar-refractivity contribution in [2.45, 2.75) is 35.4 Å². The minimum absolute atomic E-state index is 0.310. The molecule has 1 rings (SSSR count). The fourth-order valence-electron chi connectivity index (χ4n) is 1.51. The standard InChI is InChI=1S/C8H8F6IN/c9-7(10,11)16(8(12,13)14)6-4-2-1-3-5(6)15/h2,4-6H,1,3H2/t5-,6-/m1/s1. The van der Waals surface area contributed by atoms with Crippen molar-refractivity contribution in [3.05, 3.63) is 12.2 Å². The molecule has 16 heavy (non-hydrogen) atoms. The third-order valence-electron chi connectivity index (χ3n) is 2.16. The van der Waals surface area contributed by atoms with Gasteiger partial charge in [0.1, 0.15) is 0 Å². The molecule has 0 radical (unpaired) electrons. The van der Waals surface area contributed by atoms with E-state index in [4.69, 9.17) is 0 Å². The summed E-state index contributed by atoms with van der Waals surface area (Å²) in [6.45, 7) is 0. The summed E-state index contributed by atoms with van der Waals surface area (Å²) in [5.41, 5.74) is 0. The Balaban J connectivity index is 3.02. The Kier molecular flexibility index (Phi) is 4.14. The van der Waals surface area contributed by atoms with E-state index in [1.54, 1.807) is 22.6 Å². The second kappa shape index (κ2) is 4.71. The van der Waals surface area contributed by atoms with Gasteiger partial charge in [0, 0.05) is 3.92 Å². The molecule has 1 aliphatic carbocycles. The first kappa shape index (κ1) is 14.1. The van der Waals surface area contributed by atoms with E-state index in [1.165, 1.54) is 6.08 Å². The average molecular weight is 359 g/mol. The van der Waals surface area contributed by atoms with E-state index < -0.39 is 27.5 Å². The Morgan fingerprint density at radius 3 is 1.94 bits per heavy atom. The Morgan fingerprint density at radius 1 is 1.06 bits per heavy atom. The van der Waals surface area contributed by atoms with E-state index in [0.29, 0.717) is 12.8 Å². The third kappa shape index (κ3) is 3.25. The average Bonchev–Trinajstić information content (AvgIpc) is 2.03. The van der Waals surface area contributed by atoms with Crippen LogP contribution >= 0.6 is 22.6 Å². The summed E-state index contributed by atoms with van der Waals surface area (Å²) in [7, 11) is 0. The van der Waals surface area contributed by atoms with Gasteiger partial charge in [-0.3, -0.25) is 0 Å². The SMILES string of the molecule is FC(F)(F)N([C@@H]1C=CCC[C@H]1I)C(F)(F)F. The summed E-state index contributed by atoms with van der Waals surface area (Å²) >= 11 is 1.62. The Hall–Kier alpha value is 0.01000. The Bertz CT molecular complexity index is 257. The summed E-state index contributed by atoms with van der Waals surface area (Å²) in [5, 5.41) is 0. The molecule has 0 aromatic heterocycles. The molecule has 2 atom stereocenters. The number of rotatable bonds is 1. The van der Waals surface area contributed by atoms with Crippen LogP contribution in [0.3, 0.4) is 0 Å². The fraction of sp³-hybridized carbons (Fsp3) is 0.750. The number of halogens is 7. The van der Waals surface area contributed by atoms with E-state index in [-0.39, 0.29) is 0 Å². The van der Waals surface area contributed by atoms with Gasteiger partial charge in [-0.15, -0.1) is 4.90 Å². The predicted molar refractivity (Wildman–Crippen MR) is 53.9 cm³/mol. The van der Waals surface area contributed by atoms with Crippen molar-refractivity contribution in [3.63, 3.8) is 0 Å². The van der Waals surface area contributed by atoms with Gasteiger partial charge in [0.25, 0.3) is 0 Å². The van der Waals surface area contributed by atoms with Crippen molar-refractivity contribution in [1.29, 1.82) is 0 Å². The first-order valence-corrected chi connectivity index (χ1v) is 5.62. The second-order valence-electron chi connectivity index (χ2n) is 3.32. The molecule has 0 saturated carbocycles. The summed E-state index contributed by atoms with van der Waals surface area (Å²) in [6.07, 6.45) is -7.67. The van der Waals surface area contributed by atoms with Gasteiger partial charge in [0.05, 0.1) is 6.04 Å². The number of nitrogens with zero attached hydrogens (tertiary/aromatic N) is 1. The Morgan fingerprint density at radius 2 is 1.56 bits per heavy atom. The van der Waals surface area contributed by atoms with Gasteiger partial charge < -0.3 is 0 Å². The number of hydrogen-bond donors (Lipinski definition) is 0. The van der Waals surface area contributed by atoms with Gasteiger partial charge in [-0.2, -0.15) is 26.3 Å². The largest absolute Gasteiger partial charge is 0.467 e. The molecule has 0 spiro atoms. The van der Waals surface area contributed by atoms with Crippen LogP contribution in [0.25, 0.3) is 0 Å². The highest BCUT2D eigenvalue weighted by atomic mass is 127. The zero-order valence-corrected chi connectivity index (χ0v) is 9.97. The molecule has 0 bridgehead atoms. The van der Waals surface area contributed by atoms with Crippen LogP contribution in [0, 0.1) is 0 Å². The van der Waals surface area contributed by atoms with Gasteiger partial charge in [-0.1, -0.05) is 34.7 Å². The van der Waals surface area contributed by atoms with E-state index >= 15 is 0 Å². The monoisotopic (exact) mass is 359 g/mol. The number of hydrogen-bond acceptors (Lipinski definition) is 1. The highest BCUT2D eigenvalue weighted by Crippen LogP contribution is 2.39. The summed E-state index contributed by atoms with van der Waals surface area (Å²) in [6, 6.07) is -1.67. The molecule has 8 heteroatoms. The van der Waals surface area contributed by atoms with E-state index in [9.17, 15) is 26.3 Å². The molecule has 0 aromatic carbocycles. The Labute approximate surface area is 102 Å². The van der Waals surface area contributed by atoms with Gasteiger partial charge in [-0.05, 0) is 12.8 Å². The summed E-state index contributed by atoms with van der Waals surface area (Å²) in [5.74, 6) is 0. The molecule has 0 saturated heterocycles. The van der Waals surface area contributed by atoms with E-state index in [1.807, 2.05) is 0 Å². The van der Waals surface area contributed by atoms with Crippen LogP contribution in [0.4, 0.5) is 26.3 Å². The van der Waals surface area contributed by atoms with Crippen molar-refractivity contribution in [3.8, 4) is 0 Å². The first-order chi connectivity index (χ1) is 7.14. The molecule has 1 aliphatic rings. The topological polar surface area (TPSA) is 3.24 Å². The quantitative estimate of drug-likeness (QED) is 0.226. The molecule has 0 fully saturated rings. The third-order valence-corrected chi connectivity index (χ3v) is 3.52. The molecule has 0 N–H and O–H groups in total. The highest BCUT2D eigenvalue weighted by Gasteiger charge is 2.57. The van der Waals surface area contributed by atoms with Crippen molar-refractivity contribution < 1.29 is 26.3 Å². The molecule has 0 amide bonds. The summed E-state index contributed by atoms with van der Waals surface area (Å²) < 4.78 is 73.4. The number of allylic oxidation sites excluding steroid dienone is 1. The maximum Gasteiger partial charge on any atom is 0.467 e. The first-order valence-electron chi connectivity index (χ1n) is 4.37. The van der Waals surface area contributed by atoms with Crippen LogP contribution in [0.2, 0.25) is 0 Å². The molecule has 1 nitrogen and oxygen atoms in total. The van der Waals surface area contributed by atoms with Gasteiger partial charge >= 0.3 is 12.6 Å². The van der Waals surface area contributed by atoms with E-state index in [0.717, 1.165) is 6.08 Å². The highest BCUT2D eigenvalue weighted by molar-refractivity contribution is 14.1. The lowest BCUT2D eigenvalue weighted by Gasteiger charge is -2.36. The molecule has 0 unspecified atom stereocenters. The van der Waals surface area contributed by atoms with Crippen LogP contribution in [0.15, 0.2) is 12.2 Å².